The summed E-state index contributed by atoms with van der Waals surface area (Å²) in [5.74, 6) is 0.152. The summed E-state index contributed by atoms with van der Waals surface area (Å²) in [6.45, 7) is 2.91. The summed E-state index contributed by atoms with van der Waals surface area (Å²) in [5, 5.41) is 10.8. The van der Waals surface area contributed by atoms with Crippen molar-refractivity contribution in [1.82, 2.24) is 4.98 Å². The molecule has 8 nitrogen and oxygen atoms in total. The van der Waals surface area contributed by atoms with Gasteiger partial charge in [-0.05, 0) is 13.0 Å². The quantitative estimate of drug-likeness (QED) is 0.456. The highest BCUT2D eigenvalue weighted by molar-refractivity contribution is 5.75. The summed E-state index contributed by atoms with van der Waals surface area (Å²) in [4.78, 5) is 27.7. The van der Waals surface area contributed by atoms with E-state index in [1.807, 2.05) is 4.90 Å². The Morgan fingerprint density at radius 1 is 1.65 bits per heavy atom. The van der Waals surface area contributed by atoms with Crippen molar-refractivity contribution < 1.29 is 19.2 Å². The summed E-state index contributed by atoms with van der Waals surface area (Å²) in [6, 6.07) is 1.64. The molecule has 1 unspecified atom stereocenters. The van der Waals surface area contributed by atoms with Gasteiger partial charge in [0.05, 0.1) is 25.2 Å². The predicted molar refractivity (Wildman–Crippen MR) is 69.6 cm³/mol. The highest BCUT2D eigenvalue weighted by Crippen LogP contribution is 2.22. The lowest BCUT2D eigenvalue weighted by Gasteiger charge is -2.32. The molecule has 1 aliphatic heterocycles. The maximum absolute atomic E-state index is 11.5. The van der Waals surface area contributed by atoms with Crippen LogP contribution in [0.4, 0.5) is 11.5 Å². The fourth-order valence-corrected chi connectivity index (χ4v) is 2.03. The van der Waals surface area contributed by atoms with Crippen LogP contribution in [0.15, 0.2) is 12.3 Å². The molecule has 0 spiro atoms. The number of hydrogen-bond donors (Lipinski definition) is 0. The van der Waals surface area contributed by atoms with E-state index in [4.69, 9.17) is 4.74 Å². The summed E-state index contributed by atoms with van der Waals surface area (Å²) in [7, 11) is 1.30. The Kier molecular flexibility index (Phi) is 4.14. The van der Waals surface area contributed by atoms with E-state index < -0.39 is 17.0 Å². The first kappa shape index (κ1) is 14.2. The van der Waals surface area contributed by atoms with Gasteiger partial charge in [0.25, 0.3) is 5.69 Å². The molecule has 1 aliphatic rings. The normalized spacial score (nSPS) is 18.7. The van der Waals surface area contributed by atoms with E-state index in [1.54, 1.807) is 13.0 Å². The van der Waals surface area contributed by atoms with Crippen molar-refractivity contribution >= 4 is 17.5 Å². The summed E-state index contributed by atoms with van der Waals surface area (Å²) < 4.78 is 9.97. The van der Waals surface area contributed by atoms with Crippen molar-refractivity contribution in [2.75, 3.05) is 31.7 Å². The Morgan fingerprint density at radius 3 is 3.00 bits per heavy atom. The van der Waals surface area contributed by atoms with Crippen molar-refractivity contribution in [3.8, 4) is 0 Å². The molecule has 1 aromatic heterocycles. The van der Waals surface area contributed by atoms with Gasteiger partial charge in [-0.25, -0.2) is 9.78 Å². The van der Waals surface area contributed by atoms with Crippen LogP contribution in [0.1, 0.15) is 5.56 Å². The van der Waals surface area contributed by atoms with Crippen molar-refractivity contribution in [2.24, 2.45) is 0 Å². The number of anilines is 1. The highest BCUT2D eigenvalue weighted by Gasteiger charge is 2.28. The van der Waals surface area contributed by atoms with E-state index in [0.717, 1.165) is 0 Å². The second-order valence-corrected chi connectivity index (χ2v) is 4.41. The molecule has 0 amide bonds. The molecule has 108 valence electrons. The number of carbonyl (C=O) groups excluding carboxylic acids is 1. The SMILES string of the molecule is COC(=O)C1CN(c2cc(C)c([N+](=O)[O-])cn2)CCO1. The number of rotatable bonds is 3. The van der Waals surface area contributed by atoms with Gasteiger partial charge in [0.1, 0.15) is 12.0 Å². The van der Waals surface area contributed by atoms with E-state index in [-0.39, 0.29) is 5.69 Å². The van der Waals surface area contributed by atoms with Crippen LogP contribution in [0.3, 0.4) is 0 Å². The van der Waals surface area contributed by atoms with Gasteiger partial charge in [0, 0.05) is 12.1 Å². The lowest BCUT2D eigenvalue weighted by molar-refractivity contribution is -0.385. The number of nitro groups is 1. The molecule has 1 fully saturated rings. The van der Waals surface area contributed by atoms with Gasteiger partial charge in [0.15, 0.2) is 6.10 Å². The molecule has 20 heavy (non-hydrogen) atoms. The molecule has 1 aromatic rings. The number of nitrogens with zero attached hydrogens (tertiary/aromatic N) is 3. The molecule has 0 aromatic carbocycles. The number of aryl methyl sites for hydroxylation is 1. The fourth-order valence-electron chi connectivity index (χ4n) is 2.03. The minimum Gasteiger partial charge on any atom is -0.467 e. The van der Waals surface area contributed by atoms with Gasteiger partial charge in [-0.1, -0.05) is 0 Å². The number of aromatic nitrogens is 1. The minimum absolute atomic E-state index is 0.0217. The van der Waals surface area contributed by atoms with Crippen molar-refractivity contribution in [1.29, 1.82) is 0 Å². The zero-order chi connectivity index (χ0) is 14.7. The topological polar surface area (TPSA) is 94.8 Å². The Labute approximate surface area is 115 Å². The van der Waals surface area contributed by atoms with E-state index in [9.17, 15) is 14.9 Å². The van der Waals surface area contributed by atoms with Gasteiger partial charge in [-0.15, -0.1) is 0 Å². The molecular formula is C12H15N3O5. The molecular weight excluding hydrogens is 266 g/mol. The van der Waals surface area contributed by atoms with Crippen LogP contribution in [-0.2, 0) is 14.3 Å². The van der Waals surface area contributed by atoms with Crippen LogP contribution < -0.4 is 4.90 Å². The van der Waals surface area contributed by atoms with Gasteiger partial charge in [0.2, 0.25) is 0 Å². The number of morpholine rings is 1. The molecule has 1 saturated heterocycles. The smallest absolute Gasteiger partial charge is 0.336 e. The third-order valence-corrected chi connectivity index (χ3v) is 3.12. The second kappa shape index (κ2) is 5.83. The minimum atomic E-state index is -0.661. The molecule has 2 heterocycles. The maximum atomic E-state index is 11.5. The predicted octanol–water partition coefficient (Wildman–Crippen LogP) is 0.676. The fraction of sp³-hybridized carbons (Fsp3) is 0.500. The highest BCUT2D eigenvalue weighted by atomic mass is 16.6. The Hall–Kier alpha value is -2.22. The summed E-state index contributed by atoms with van der Waals surface area (Å²) in [5.41, 5.74) is 0.507. The van der Waals surface area contributed by atoms with Crippen molar-refractivity contribution in [3.63, 3.8) is 0 Å². The number of hydrogen-bond acceptors (Lipinski definition) is 7. The van der Waals surface area contributed by atoms with Crippen LogP contribution in [0.25, 0.3) is 0 Å². The van der Waals surface area contributed by atoms with E-state index in [2.05, 4.69) is 9.72 Å². The lowest BCUT2D eigenvalue weighted by atomic mass is 10.2. The van der Waals surface area contributed by atoms with Gasteiger partial charge < -0.3 is 14.4 Å². The lowest BCUT2D eigenvalue weighted by Crippen LogP contribution is -2.46. The first-order chi connectivity index (χ1) is 9.52. The molecule has 0 aliphatic carbocycles. The second-order valence-electron chi connectivity index (χ2n) is 4.41. The van der Waals surface area contributed by atoms with Crippen LogP contribution >= 0.6 is 0 Å². The van der Waals surface area contributed by atoms with Crippen LogP contribution in [0, 0.1) is 17.0 Å². The van der Waals surface area contributed by atoms with Crippen LogP contribution in [0.5, 0.6) is 0 Å². The summed E-state index contributed by atoms with van der Waals surface area (Å²) in [6.07, 6.45) is 0.568. The van der Waals surface area contributed by atoms with E-state index >= 15 is 0 Å². The average Bonchev–Trinajstić information content (AvgIpc) is 2.46. The largest absolute Gasteiger partial charge is 0.467 e. The van der Waals surface area contributed by atoms with Gasteiger partial charge in [-0.2, -0.15) is 0 Å². The Balaban J connectivity index is 2.17. The Bertz CT molecular complexity index is 534. The number of pyridine rings is 1. The first-order valence-corrected chi connectivity index (χ1v) is 6.08. The van der Waals surface area contributed by atoms with E-state index in [1.165, 1.54) is 13.3 Å². The molecule has 0 N–H and O–H groups in total. The number of esters is 1. The molecule has 0 saturated carbocycles. The number of methoxy groups -OCH3 is 1. The molecule has 8 heteroatoms. The number of ether oxygens (including phenoxy) is 2. The summed E-state index contributed by atoms with van der Waals surface area (Å²) >= 11 is 0. The van der Waals surface area contributed by atoms with Gasteiger partial charge >= 0.3 is 5.97 Å². The van der Waals surface area contributed by atoms with Crippen molar-refractivity contribution in [2.45, 2.75) is 13.0 Å². The number of carbonyl (C=O) groups is 1. The Morgan fingerprint density at radius 2 is 2.40 bits per heavy atom. The first-order valence-electron chi connectivity index (χ1n) is 6.08. The monoisotopic (exact) mass is 281 g/mol. The third kappa shape index (κ3) is 2.85. The molecule has 0 bridgehead atoms. The standard InChI is InChI=1S/C12H15N3O5/c1-8-5-11(13-6-9(8)15(17)18)14-3-4-20-10(7-14)12(16)19-2/h5-6,10H,3-4,7H2,1-2H3. The van der Waals surface area contributed by atoms with Crippen LogP contribution in [-0.4, -0.2) is 48.8 Å². The molecule has 1 atom stereocenters. The average molecular weight is 281 g/mol. The molecule has 2 rings (SSSR count). The molecule has 0 radical (unpaired) electrons. The van der Waals surface area contributed by atoms with Crippen molar-refractivity contribution in [3.05, 3.63) is 27.9 Å². The van der Waals surface area contributed by atoms with Gasteiger partial charge in [-0.3, -0.25) is 10.1 Å². The van der Waals surface area contributed by atoms with E-state index in [0.29, 0.717) is 31.1 Å². The third-order valence-electron chi connectivity index (χ3n) is 3.12. The van der Waals surface area contributed by atoms with Crippen LogP contribution in [0.2, 0.25) is 0 Å². The zero-order valence-corrected chi connectivity index (χ0v) is 11.2. The zero-order valence-electron chi connectivity index (χ0n) is 11.2. The maximum Gasteiger partial charge on any atom is 0.336 e.